The fraction of sp³-hybridized carbons (Fsp3) is 0.571. The lowest BCUT2D eigenvalue weighted by Gasteiger charge is -2.00. The van der Waals surface area contributed by atoms with E-state index in [4.69, 9.17) is 9.84 Å². The molecule has 1 heterocycles. The smallest absolute Gasteiger partial charge is 0.339 e. The summed E-state index contributed by atoms with van der Waals surface area (Å²) in [6.07, 6.45) is 0. The first-order chi connectivity index (χ1) is 5.25. The Balaban J connectivity index is 2.59. The van der Waals surface area contributed by atoms with E-state index in [-0.39, 0.29) is 24.5 Å². The van der Waals surface area contributed by atoms with E-state index in [1.807, 2.05) is 0 Å². The Morgan fingerprint density at radius 1 is 1.73 bits per heavy atom. The van der Waals surface area contributed by atoms with Crippen LogP contribution in [0.5, 0.6) is 0 Å². The lowest BCUT2D eigenvalue weighted by atomic mass is 10.3. The summed E-state index contributed by atoms with van der Waals surface area (Å²) >= 11 is 0. The summed E-state index contributed by atoms with van der Waals surface area (Å²) < 4.78 is 9.47. The molecule has 0 amide bonds. The fourth-order valence-corrected chi connectivity index (χ4v) is 0.815. The van der Waals surface area contributed by atoms with Crippen LogP contribution in [-0.2, 0) is 14.3 Å². The van der Waals surface area contributed by atoms with Gasteiger partial charge in [-0.1, -0.05) is 0 Å². The highest BCUT2D eigenvalue weighted by molar-refractivity contribution is 5.89. The molecule has 4 heteroatoms. The molecular formula is C7H10O4. The van der Waals surface area contributed by atoms with Crippen molar-refractivity contribution in [3.05, 3.63) is 11.3 Å². The van der Waals surface area contributed by atoms with Crippen molar-refractivity contribution < 1.29 is 19.4 Å². The number of aliphatic hydroxyl groups is 1. The van der Waals surface area contributed by atoms with Gasteiger partial charge >= 0.3 is 5.97 Å². The Bertz CT molecular complexity index is 195. The molecule has 0 radical (unpaired) electrons. The molecule has 1 aliphatic rings. The predicted octanol–water partition coefficient (Wildman–Crippen LogP) is 0.392. The molecule has 4 nitrogen and oxygen atoms in total. The molecule has 0 bridgehead atoms. The predicted molar refractivity (Wildman–Crippen MR) is 37.1 cm³/mol. The first kappa shape index (κ1) is 8.07. The van der Waals surface area contributed by atoms with E-state index in [1.165, 1.54) is 0 Å². The standard InChI is InChI=1S/C7H10O4/c1-2-11-7(9)5-3-10-4-6(5)8/h8H,2-4H2,1H3. The summed E-state index contributed by atoms with van der Waals surface area (Å²) in [5.74, 6) is -0.494. The zero-order valence-electron chi connectivity index (χ0n) is 6.29. The summed E-state index contributed by atoms with van der Waals surface area (Å²) in [4.78, 5) is 10.9. The number of carbonyl (C=O) groups excluding carboxylic acids is 1. The van der Waals surface area contributed by atoms with Crippen LogP contribution in [-0.4, -0.2) is 30.9 Å². The largest absolute Gasteiger partial charge is 0.509 e. The summed E-state index contributed by atoms with van der Waals surface area (Å²) in [7, 11) is 0. The highest BCUT2D eigenvalue weighted by atomic mass is 16.5. The van der Waals surface area contributed by atoms with Gasteiger partial charge in [-0.15, -0.1) is 0 Å². The third kappa shape index (κ3) is 1.71. The minimum absolute atomic E-state index is 0.0107. The van der Waals surface area contributed by atoms with Gasteiger partial charge in [-0.3, -0.25) is 0 Å². The monoisotopic (exact) mass is 158 g/mol. The van der Waals surface area contributed by atoms with Crippen LogP contribution < -0.4 is 0 Å². The van der Waals surface area contributed by atoms with Crippen LogP contribution in [0, 0.1) is 0 Å². The Kier molecular flexibility index (Phi) is 2.48. The Hall–Kier alpha value is -1.03. The topological polar surface area (TPSA) is 55.8 Å². The van der Waals surface area contributed by atoms with E-state index in [0.717, 1.165) is 0 Å². The van der Waals surface area contributed by atoms with Crippen molar-refractivity contribution in [2.45, 2.75) is 6.92 Å². The zero-order valence-corrected chi connectivity index (χ0v) is 6.29. The molecule has 0 saturated heterocycles. The minimum atomic E-state index is -0.484. The average molecular weight is 158 g/mol. The Labute approximate surface area is 64.4 Å². The van der Waals surface area contributed by atoms with Gasteiger partial charge in [0.2, 0.25) is 0 Å². The molecule has 0 atom stereocenters. The van der Waals surface area contributed by atoms with Gasteiger partial charge in [0.05, 0.1) is 13.2 Å². The number of carbonyl (C=O) groups is 1. The zero-order chi connectivity index (χ0) is 8.27. The van der Waals surface area contributed by atoms with Crippen LogP contribution in [0.1, 0.15) is 6.92 Å². The van der Waals surface area contributed by atoms with Gasteiger partial charge in [0, 0.05) is 0 Å². The first-order valence-electron chi connectivity index (χ1n) is 3.41. The van der Waals surface area contributed by atoms with Crippen molar-refractivity contribution >= 4 is 5.97 Å². The molecule has 1 aliphatic heterocycles. The summed E-state index contributed by atoms with van der Waals surface area (Å²) in [5.41, 5.74) is 0.242. The lowest BCUT2D eigenvalue weighted by molar-refractivity contribution is -0.138. The summed E-state index contributed by atoms with van der Waals surface area (Å²) in [6, 6.07) is 0. The van der Waals surface area contributed by atoms with E-state index < -0.39 is 5.97 Å². The van der Waals surface area contributed by atoms with E-state index in [1.54, 1.807) is 6.92 Å². The second kappa shape index (κ2) is 3.39. The van der Waals surface area contributed by atoms with E-state index in [9.17, 15) is 4.79 Å². The molecule has 0 aromatic carbocycles. The number of ether oxygens (including phenoxy) is 2. The molecule has 0 aromatic rings. The fourth-order valence-electron chi connectivity index (χ4n) is 0.815. The molecule has 1 N–H and O–H groups in total. The molecule has 62 valence electrons. The van der Waals surface area contributed by atoms with Crippen LogP contribution in [0.3, 0.4) is 0 Å². The number of rotatable bonds is 2. The van der Waals surface area contributed by atoms with Crippen molar-refractivity contribution in [1.82, 2.24) is 0 Å². The second-order valence-corrected chi connectivity index (χ2v) is 2.14. The summed E-state index contributed by atoms with van der Waals surface area (Å²) in [6.45, 7) is 2.31. The van der Waals surface area contributed by atoms with Gasteiger partial charge in [0.25, 0.3) is 0 Å². The molecule has 1 rings (SSSR count). The van der Waals surface area contributed by atoms with Gasteiger partial charge in [-0.2, -0.15) is 0 Å². The SMILES string of the molecule is CCOC(=O)C1=C(O)COC1. The normalized spacial score (nSPS) is 17.2. The van der Waals surface area contributed by atoms with Gasteiger partial charge < -0.3 is 14.6 Å². The van der Waals surface area contributed by atoms with Crippen LogP contribution in [0.15, 0.2) is 11.3 Å². The van der Waals surface area contributed by atoms with E-state index in [0.29, 0.717) is 6.61 Å². The van der Waals surface area contributed by atoms with Crippen LogP contribution >= 0.6 is 0 Å². The van der Waals surface area contributed by atoms with Crippen LogP contribution in [0.25, 0.3) is 0 Å². The van der Waals surface area contributed by atoms with E-state index >= 15 is 0 Å². The maximum atomic E-state index is 10.9. The van der Waals surface area contributed by atoms with Crippen molar-refractivity contribution in [3.8, 4) is 0 Å². The van der Waals surface area contributed by atoms with E-state index in [2.05, 4.69) is 4.74 Å². The molecular weight excluding hydrogens is 148 g/mol. The maximum Gasteiger partial charge on any atom is 0.339 e. The number of hydrogen-bond acceptors (Lipinski definition) is 4. The summed E-state index contributed by atoms with van der Waals surface area (Å²) in [5, 5.41) is 9.04. The Morgan fingerprint density at radius 2 is 2.45 bits per heavy atom. The van der Waals surface area contributed by atoms with Crippen molar-refractivity contribution in [2.75, 3.05) is 19.8 Å². The number of aliphatic hydroxyl groups excluding tert-OH is 1. The molecule has 0 fully saturated rings. The second-order valence-electron chi connectivity index (χ2n) is 2.14. The molecule has 0 spiro atoms. The van der Waals surface area contributed by atoms with Crippen molar-refractivity contribution in [2.24, 2.45) is 0 Å². The van der Waals surface area contributed by atoms with Gasteiger partial charge in [-0.25, -0.2) is 4.79 Å². The highest BCUT2D eigenvalue weighted by Crippen LogP contribution is 2.12. The third-order valence-electron chi connectivity index (χ3n) is 1.36. The Morgan fingerprint density at radius 3 is 2.91 bits per heavy atom. The van der Waals surface area contributed by atoms with Gasteiger partial charge in [0.15, 0.2) is 0 Å². The van der Waals surface area contributed by atoms with Crippen LogP contribution in [0.2, 0.25) is 0 Å². The maximum absolute atomic E-state index is 10.9. The first-order valence-corrected chi connectivity index (χ1v) is 3.41. The molecule has 11 heavy (non-hydrogen) atoms. The number of esters is 1. The number of hydrogen-bond donors (Lipinski definition) is 1. The molecule has 0 unspecified atom stereocenters. The molecule has 0 aliphatic carbocycles. The lowest BCUT2D eigenvalue weighted by Crippen LogP contribution is -2.09. The quantitative estimate of drug-likeness (QED) is 0.591. The highest BCUT2D eigenvalue weighted by Gasteiger charge is 2.21. The third-order valence-corrected chi connectivity index (χ3v) is 1.36. The average Bonchev–Trinajstić information content (AvgIpc) is 2.36. The van der Waals surface area contributed by atoms with Crippen LogP contribution in [0.4, 0.5) is 0 Å². The van der Waals surface area contributed by atoms with Crippen molar-refractivity contribution in [1.29, 1.82) is 0 Å². The van der Waals surface area contributed by atoms with Crippen molar-refractivity contribution in [3.63, 3.8) is 0 Å². The van der Waals surface area contributed by atoms with Gasteiger partial charge in [-0.05, 0) is 6.92 Å². The molecule has 0 aromatic heterocycles. The van der Waals surface area contributed by atoms with Gasteiger partial charge in [0.1, 0.15) is 17.9 Å². The molecule has 0 saturated carbocycles. The minimum Gasteiger partial charge on any atom is -0.509 e.